The Balaban J connectivity index is 0.000000406. The van der Waals surface area contributed by atoms with Crippen LogP contribution in [0.15, 0.2) is 49.1 Å². The van der Waals surface area contributed by atoms with E-state index in [1.54, 1.807) is 24.8 Å². The highest BCUT2D eigenvalue weighted by atomic mass is 19.4. The highest BCUT2D eigenvalue weighted by molar-refractivity contribution is 5.73. The van der Waals surface area contributed by atoms with Gasteiger partial charge in [0, 0.05) is 24.3 Å². The van der Waals surface area contributed by atoms with E-state index in [0.717, 1.165) is 37.2 Å². The summed E-state index contributed by atoms with van der Waals surface area (Å²) in [5.41, 5.74) is 1.22. The second-order valence-corrected chi connectivity index (χ2v) is 7.14. The Morgan fingerprint density at radius 2 is 1.76 bits per heavy atom. The third-order valence-electron chi connectivity index (χ3n) is 4.63. The first-order valence-electron chi connectivity index (χ1n) is 9.75. The summed E-state index contributed by atoms with van der Waals surface area (Å²) in [6.07, 6.45) is -1.78. The predicted molar refractivity (Wildman–Crippen MR) is 108 cm³/mol. The van der Waals surface area contributed by atoms with Crippen LogP contribution in [0.4, 0.5) is 32.2 Å². The summed E-state index contributed by atoms with van der Waals surface area (Å²) in [5.74, 6) is -2.07. The van der Waals surface area contributed by atoms with Gasteiger partial charge in [-0.15, -0.1) is 0 Å². The number of carboxylic acids is 1. The number of hydrogen-bond acceptors (Lipinski definition) is 6. The van der Waals surface area contributed by atoms with Crippen molar-refractivity contribution in [2.24, 2.45) is 0 Å². The molecular formula is C20H18F6N6O2. The summed E-state index contributed by atoms with van der Waals surface area (Å²) in [4.78, 5) is 17.7. The fraction of sp³-hybridized carbons (Fsp3) is 0.300. The van der Waals surface area contributed by atoms with Gasteiger partial charge in [0.15, 0.2) is 0 Å². The molecule has 1 aromatic carbocycles. The van der Waals surface area contributed by atoms with Crippen LogP contribution in [-0.2, 0) is 11.0 Å². The van der Waals surface area contributed by atoms with Crippen LogP contribution in [0.2, 0.25) is 0 Å². The molecule has 3 N–H and O–H groups in total. The summed E-state index contributed by atoms with van der Waals surface area (Å²) in [7, 11) is 0. The van der Waals surface area contributed by atoms with Crippen molar-refractivity contribution in [3.05, 3.63) is 54.6 Å². The Kier molecular flexibility index (Phi) is 7.39. The van der Waals surface area contributed by atoms with Gasteiger partial charge in [-0.1, -0.05) is 0 Å². The maximum Gasteiger partial charge on any atom is 0.490 e. The zero-order valence-electron chi connectivity index (χ0n) is 17.2. The van der Waals surface area contributed by atoms with Crippen molar-refractivity contribution in [1.29, 1.82) is 0 Å². The molecule has 14 heteroatoms. The van der Waals surface area contributed by atoms with Crippen molar-refractivity contribution >= 4 is 11.8 Å². The summed E-state index contributed by atoms with van der Waals surface area (Å²) in [5, 5.41) is 18.0. The molecule has 4 rings (SSSR count). The maximum atomic E-state index is 12.7. The third-order valence-corrected chi connectivity index (χ3v) is 4.63. The number of nitrogens with zero attached hydrogens (tertiary/aromatic N) is 4. The first kappa shape index (κ1) is 25.0. The molecule has 3 heterocycles. The molecule has 0 bridgehead atoms. The lowest BCUT2D eigenvalue weighted by atomic mass is 10.2. The first-order valence-corrected chi connectivity index (χ1v) is 9.75. The molecule has 0 aliphatic carbocycles. The van der Waals surface area contributed by atoms with Crippen LogP contribution in [0.5, 0.6) is 0 Å². The maximum absolute atomic E-state index is 12.7. The van der Waals surface area contributed by atoms with E-state index in [0.29, 0.717) is 23.2 Å². The highest BCUT2D eigenvalue weighted by Gasteiger charge is 2.38. The third kappa shape index (κ3) is 6.66. The molecule has 1 atom stereocenters. The standard InChI is InChI=1S/C18H17F3N6.C2HF3O2/c19-18(20,21)13-1-3-15(4-2-13)27-11-12(7-24-27)16-9-23-10-17(26-16)25-14-5-6-22-8-14;3-2(4,5)1(6)7/h1-4,7,9-11,14,22H,5-6,8H2,(H,25,26);(H,6,7). The van der Waals surface area contributed by atoms with Crippen LogP contribution in [-0.4, -0.2) is 56.1 Å². The molecule has 0 amide bonds. The van der Waals surface area contributed by atoms with Crippen molar-refractivity contribution in [1.82, 2.24) is 25.1 Å². The topological polar surface area (TPSA) is 105 Å². The molecule has 182 valence electrons. The molecule has 2 aromatic heterocycles. The van der Waals surface area contributed by atoms with Crippen LogP contribution in [0.3, 0.4) is 0 Å². The van der Waals surface area contributed by atoms with E-state index in [2.05, 4.69) is 25.7 Å². The summed E-state index contributed by atoms with van der Waals surface area (Å²) < 4.78 is 71.3. The number of carboxylic acid groups (broad SMARTS) is 1. The van der Waals surface area contributed by atoms with Gasteiger partial charge in [0.2, 0.25) is 0 Å². The van der Waals surface area contributed by atoms with Gasteiger partial charge < -0.3 is 15.7 Å². The van der Waals surface area contributed by atoms with E-state index in [-0.39, 0.29) is 0 Å². The molecule has 1 aliphatic heterocycles. The van der Waals surface area contributed by atoms with Crippen LogP contribution < -0.4 is 10.6 Å². The number of nitrogens with one attached hydrogen (secondary N) is 2. The Morgan fingerprint density at radius 3 is 2.32 bits per heavy atom. The lowest BCUT2D eigenvalue weighted by Crippen LogP contribution is -2.22. The van der Waals surface area contributed by atoms with Gasteiger partial charge in [-0.3, -0.25) is 4.98 Å². The first-order chi connectivity index (χ1) is 15.9. The lowest BCUT2D eigenvalue weighted by molar-refractivity contribution is -0.192. The number of carbonyl (C=O) groups is 1. The molecule has 0 radical (unpaired) electrons. The predicted octanol–water partition coefficient (Wildman–Crippen LogP) is 3.76. The fourth-order valence-electron chi connectivity index (χ4n) is 2.96. The van der Waals surface area contributed by atoms with Crippen molar-refractivity contribution in [2.45, 2.75) is 24.8 Å². The summed E-state index contributed by atoms with van der Waals surface area (Å²) in [6.45, 7) is 1.86. The van der Waals surface area contributed by atoms with Crippen molar-refractivity contribution in [2.75, 3.05) is 18.4 Å². The number of halogens is 6. The Hall–Kier alpha value is -3.68. The highest BCUT2D eigenvalue weighted by Crippen LogP contribution is 2.29. The lowest BCUT2D eigenvalue weighted by Gasteiger charge is -2.11. The monoisotopic (exact) mass is 488 g/mol. The van der Waals surface area contributed by atoms with E-state index in [4.69, 9.17) is 9.90 Å². The van der Waals surface area contributed by atoms with E-state index in [1.165, 1.54) is 16.8 Å². The number of alkyl halides is 6. The summed E-state index contributed by atoms with van der Waals surface area (Å²) >= 11 is 0. The average molecular weight is 488 g/mol. The van der Waals surface area contributed by atoms with E-state index in [1.807, 2.05) is 0 Å². The van der Waals surface area contributed by atoms with Gasteiger partial charge in [-0.05, 0) is 37.2 Å². The molecule has 0 spiro atoms. The smallest absolute Gasteiger partial charge is 0.475 e. The number of aliphatic carboxylic acids is 1. The molecular weight excluding hydrogens is 470 g/mol. The number of hydrogen-bond donors (Lipinski definition) is 3. The Labute approximate surface area is 188 Å². The van der Waals surface area contributed by atoms with Crippen LogP contribution in [0.1, 0.15) is 12.0 Å². The minimum Gasteiger partial charge on any atom is -0.475 e. The van der Waals surface area contributed by atoms with E-state index >= 15 is 0 Å². The van der Waals surface area contributed by atoms with Crippen LogP contribution >= 0.6 is 0 Å². The van der Waals surface area contributed by atoms with Gasteiger partial charge in [-0.2, -0.15) is 31.4 Å². The van der Waals surface area contributed by atoms with Crippen molar-refractivity contribution < 1.29 is 36.2 Å². The molecule has 8 nitrogen and oxygen atoms in total. The normalized spacial score (nSPS) is 16.0. The molecule has 1 fully saturated rings. The van der Waals surface area contributed by atoms with E-state index in [9.17, 15) is 26.3 Å². The van der Waals surface area contributed by atoms with Crippen molar-refractivity contribution in [3.63, 3.8) is 0 Å². The van der Waals surface area contributed by atoms with Gasteiger partial charge in [0.25, 0.3) is 0 Å². The Bertz CT molecular complexity index is 1110. The molecule has 34 heavy (non-hydrogen) atoms. The SMILES string of the molecule is FC(F)(F)c1ccc(-n2cc(-c3cncc(NC4CCNC4)n3)cn2)cc1.O=C(O)C(F)(F)F. The second kappa shape index (κ2) is 10.1. The van der Waals surface area contributed by atoms with E-state index < -0.39 is 23.9 Å². The van der Waals surface area contributed by atoms with Gasteiger partial charge in [0.05, 0.1) is 35.5 Å². The zero-order valence-corrected chi connectivity index (χ0v) is 17.2. The molecule has 3 aromatic rings. The van der Waals surface area contributed by atoms with Gasteiger partial charge >= 0.3 is 18.3 Å². The molecule has 1 aliphatic rings. The minimum absolute atomic E-state index is 0.324. The summed E-state index contributed by atoms with van der Waals surface area (Å²) in [6, 6.07) is 5.17. The number of anilines is 1. The number of aromatic nitrogens is 4. The minimum atomic E-state index is -5.08. The molecule has 1 saturated heterocycles. The van der Waals surface area contributed by atoms with Gasteiger partial charge in [0.1, 0.15) is 5.82 Å². The molecule has 1 unspecified atom stereocenters. The van der Waals surface area contributed by atoms with Crippen LogP contribution in [0.25, 0.3) is 16.9 Å². The average Bonchev–Trinajstić information content (AvgIpc) is 3.46. The van der Waals surface area contributed by atoms with Crippen LogP contribution in [0, 0.1) is 0 Å². The number of rotatable bonds is 4. The number of benzene rings is 1. The quantitative estimate of drug-likeness (QED) is 0.481. The largest absolute Gasteiger partial charge is 0.490 e. The fourth-order valence-corrected chi connectivity index (χ4v) is 2.96. The zero-order chi connectivity index (χ0) is 24.9. The van der Waals surface area contributed by atoms with Crippen molar-refractivity contribution in [3.8, 4) is 16.9 Å². The van der Waals surface area contributed by atoms with Gasteiger partial charge in [-0.25, -0.2) is 14.5 Å². The molecule has 0 saturated carbocycles. The Morgan fingerprint density at radius 1 is 1.09 bits per heavy atom. The second-order valence-electron chi connectivity index (χ2n) is 7.14.